The Hall–Kier alpha value is -2.62. The summed E-state index contributed by atoms with van der Waals surface area (Å²) in [6, 6.07) is 9.56. The van der Waals surface area contributed by atoms with E-state index in [1.807, 2.05) is 37.3 Å². The number of rotatable bonds is 2. The van der Waals surface area contributed by atoms with Gasteiger partial charge in [-0.25, -0.2) is 0 Å². The van der Waals surface area contributed by atoms with E-state index >= 15 is 0 Å². The lowest BCUT2D eigenvalue weighted by molar-refractivity contribution is 0.0975. The van der Waals surface area contributed by atoms with Crippen LogP contribution in [0.4, 0.5) is 0 Å². The monoisotopic (exact) mass is 252 g/mol. The Bertz CT molecular complexity index is 760. The largest absolute Gasteiger partial charge is 0.451 e. The van der Waals surface area contributed by atoms with Crippen molar-refractivity contribution in [3.05, 3.63) is 54.0 Å². The zero-order chi connectivity index (χ0) is 13.4. The third-order valence-electron chi connectivity index (χ3n) is 3.17. The van der Waals surface area contributed by atoms with Gasteiger partial charge in [0.2, 0.25) is 0 Å². The molecule has 3 aromatic rings. The van der Waals surface area contributed by atoms with Crippen LogP contribution in [0.25, 0.3) is 22.1 Å². The Balaban J connectivity index is 2.35. The molecule has 0 aliphatic heterocycles. The van der Waals surface area contributed by atoms with Gasteiger partial charge in [-0.2, -0.15) is 0 Å². The lowest BCUT2D eigenvalue weighted by atomic mass is 10.00. The molecule has 0 saturated heterocycles. The average molecular weight is 252 g/mol. The molecule has 0 spiro atoms. The van der Waals surface area contributed by atoms with Crippen LogP contribution in [0.1, 0.15) is 16.1 Å². The van der Waals surface area contributed by atoms with Crippen molar-refractivity contribution < 1.29 is 9.21 Å². The van der Waals surface area contributed by atoms with Gasteiger partial charge >= 0.3 is 0 Å². The number of pyridine rings is 1. The van der Waals surface area contributed by atoms with E-state index in [0.29, 0.717) is 5.58 Å². The number of nitrogens with zero attached hydrogens (tertiary/aromatic N) is 1. The quantitative estimate of drug-likeness (QED) is 0.762. The molecule has 2 heterocycles. The molecule has 0 bridgehead atoms. The van der Waals surface area contributed by atoms with E-state index < -0.39 is 5.91 Å². The molecule has 4 heteroatoms. The van der Waals surface area contributed by atoms with Crippen molar-refractivity contribution in [3.63, 3.8) is 0 Å². The number of primary amides is 1. The highest BCUT2D eigenvalue weighted by Crippen LogP contribution is 2.34. The summed E-state index contributed by atoms with van der Waals surface area (Å²) in [6.07, 6.45) is 3.47. The highest BCUT2D eigenvalue weighted by atomic mass is 16.3. The standard InChI is InChI=1S/C15H12N2O2/c1-9-13-11(10-5-7-17-8-6-10)3-2-4-12(13)19-14(9)15(16)18/h2-8H,1H3,(H2,16,18). The zero-order valence-corrected chi connectivity index (χ0v) is 10.4. The van der Waals surface area contributed by atoms with E-state index in [0.717, 1.165) is 22.1 Å². The third-order valence-corrected chi connectivity index (χ3v) is 3.17. The van der Waals surface area contributed by atoms with Crippen molar-refractivity contribution in [2.45, 2.75) is 6.92 Å². The fourth-order valence-corrected chi connectivity index (χ4v) is 2.31. The Morgan fingerprint density at radius 2 is 1.95 bits per heavy atom. The van der Waals surface area contributed by atoms with Gasteiger partial charge < -0.3 is 10.2 Å². The minimum atomic E-state index is -0.547. The normalized spacial score (nSPS) is 10.8. The summed E-state index contributed by atoms with van der Waals surface area (Å²) < 4.78 is 5.53. The molecule has 0 aliphatic rings. The van der Waals surface area contributed by atoms with Crippen LogP contribution in [0.2, 0.25) is 0 Å². The third kappa shape index (κ3) is 1.78. The van der Waals surface area contributed by atoms with Crippen LogP contribution in [0.5, 0.6) is 0 Å². The molecule has 0 aliphatic carbocycles. The molecule has 3 rings (SSSR count). The fourth-order valence-electron chi connectivity index (χ4n) is 2.31. The fraction of sp³-hybridized carbons (Fsp3) is 0.0667. The number of amides is 1. The molecule has 1 aromatic carbocycles. The summed E-state index contributed by atoms with van der Waals surface area (Å²) in [5.74, 6) is -0.328. The van der Waals surface area contributed by atoms with Gasteiger partial charge in [0.15, 0.2) is 5.76 Å². The van der Waals surface area contributed by atoms with Gasteiger partial charge in [0, 0.05) is 23.3 Å². The second-order valence-corrected chi connectivity index (χ2v) is 4.34. The smallest absolute Gasteiger partial charge is 0.284 e. The molecule has 0 atom stereocenters. The number of fused-ring (bicyclic) bond motifs is 1. The lowest BCUT2D eigenvalue weighted by Gasteiger charge is -2.03. The molecule has 0 unspecified atom stereocenters. The number of hydrogen-bond acceptors (Lipinski definition) is 3. The number of benzene rings is 1. The highest BCUT2D eigenvalue weighted by molar-refractivity contribution is 6.03. The van der Waals surface area contributed by atoms with Crippen LogP contribution in [0.3, 0.4) is 0 Å². The van der Waals surface area contributed by atoms with Crippen molar-refractivity contribution in [1.82, 2.24) is 4.98 Å². The maximum atomic E-state index is 11.4. The van der Waals surface area contributed by atoms with Crippen molar-refractivity contribution in [1.29, 1.82) is 0 Å². The Morgan fingerprint density at radius 3 is 2.63 bits per heavy atom. The molecular formula is C15H12N2O2. The second-order valence-electron chi connectivity index (χ2n) is 4.34. The van der Waals surface area contributed by atoms with Crippen molar-refractivity contribution in [2.24, 2.45) is 5.73 Å². The Kier molecular flexibility index (Phi) is 2.56. The predicted molar refractivity (Wildman–Crippen MR) is 72.7 cm³/mol. The van der Waals surface area contributed by atoms with Crippen molar-refractivity contribution >= 4 is 16.9 Å². The van der Waals surface area contributed by atoms with Crippen LogP contribution < -0.4 is 5.73 Å². The van der Waals surface area contributed by atoms with E-state index in [4.69, 9.17) is 10.2 Å². The van der Waals surface area contributed by atoms with Gasteiger partial charge in [0.05, 0.1) is 0 Å². The minimum Gasteiger partial charge on any atom is -0.451 e. The first kappa shape index (κ1) is 11.5. The summed E-state index contributed by atoms with van der Waals surface area (Å²) in [5, 5.41) is 0.919. The van der Waals surface area contributed by atoms with Crippen LogP contribution in [0, 0.1) is 6.92 Å². The Morgan fingerprint density at radius 1 is 1.21 bits per heavy atom. The molecule has 94 valence electrons. The molecular weight excluding hydrogens is 240 g/mol. The molecule has 0 saturated carbocycles. The SMILES string of the molecule is Cc1c(C(N)=O)oc2cccc(-c3ccncc3)c12. The summed E-state index contributed by atoms with van der Waals surface area (Å²) in [7, 11) is 0. The van der Waals surface area contributed by atoms with E-state index in [1.165, 1.54) is 0 Å². The van der Waals surface area contributed by atoms with Gasteiger partial charge in [-0.1, -0.05) is 12.1 Å². The summed E-state index contributed by atoms with van der Waals surface area (Å²) >= 11 is 0. The van der Waals surface area contributed by atoms with Crippen molar-refractivity contribution in [2.75, 3.05) is 0 Å². The maximum absolute atomic E-state index is 11.4. The lowest BCUT2D eigenvalue weighted by Crippen LogP contribution is -2.10. The van der Waals surface area contributed by atoms with E-state index in [9.17, 15) is 4.79 Å². The minimum absolute atomic E-state index is 0.219. The first-order valence-electron chi connectivity index (χ1n) is 5.91. The number of hydrogen-bond donors (Lipinski definition) is 1. The molecule has 2 N–H and O–H groups in total. The maximum Gasteiger partial charge on any atom is 0.284 e. The molecule has 2 aromatic heterocycles. The number of aryl methyl sites for hydroxylation is 1. The predicted octanol–water partition coefficient (Wildman–Crippen LogP) is 2.90. The summed E-state index contributed by atoms with van der Waals surface area (Å²) in [5.41, 5.74) is 8.80. The van der Waals surface area contributed by atoms with Gasteiger partial charge in [-0.15, -0.1) is 0 Å². The highest BCUT2D eigenvalue weighted by Gasteiger charge is 2.17. The van der Waals surface area contributed by atoms with Crippen molar-refractivity contribution in [3.8, 4) is 11.1 Å². The number of carbonyl (C=O) groups excluding carboxylic acids is 1. The first-order valence-corrected chi connectivity index (χ1v) is 5.91. The molecule has 0 fully saturated rings. The Labute approximate surface area is 109 Å². The van der Waals surface area contributed by atoms with Crippen LogP contribution in [0.15, 0.2) is 47.1 Å². The molecule has 19 heavy (non-hydrogen) atoms. The van der Waals surface area contributed by atoms with Gasteiger partial charge in [0.25, 0.3) is 5.91 Å². The second kappa shape index (κ2) is 4.24. The van der Waals surface area contributed by atoms with E-state index in [-0.39, 0.29) is 5.76 Å². The first-order chi connectivity index (χ1) is 9.18. The number of furan rings is 1. The van der Waals surface area contributed by atoms with E-state index in [2.05, 4.69) is 4.98 Å². The topological polar surface area (TPSA) is 69.1 Å². The number of carbonyl (C=O) groups is 1. The molecule has 1 amide bonds. The van der Waals surface area contributed by atoms with E-state index in [1.54, 1.807) is 12.4 Å². The van der Waals surface area contributed by atoms with Gasteiger partial charge in [0.1, 0.15) is 5.58 Å². The van der Waals surface area contributed by atoms with Crippen LogP contribution >= 0.6 is 0 Å². The molecule has 0 radical (unpaired) electrons. The number of nitrogens with two attached hydrogens (primary N) is 1. The van der Waals surface area contributed by atoms with Gasteiger partial charge in [-0.05, 0) is 36.2 Å². The summed E-state index contributed by atoms with van der Waals surface area (Å²) in [4.78, 5) is 15.4. The van der Waals surface area contributed by atoms with Crippen LogP contribution in [-0.4, -0.2) is 10.9 Å². The molecule has 4 nitrogen and oxygen atoms in total. The average Bonchev–Trinajstić information content (AvgIpc) is 2.78. The van der Waals surface area contributed by atoms with Gasteiger partial charge in [-0.3, -0.25) is 9.78 Å². The number of aromatic nitrogens is 1. The summed E-state index contributed by atoms with van der Waals surface area (Å²) in [6.45, 7) is 1.84. The van der Waals surface area contributed by atoms with Crippen LogP contribution in [-0.2, 0) is 0 Å². The zero-order valence-electron chi connectivity index (χ0n) is 10.4.